The van der Waals surface area contributed by atoms with Crippen LogP contribution in [0.3, 0.4) is 0 Å². The zero-order valence-corrected chi connectivity index (χ0v) is 10.6. The van der Waals surface area contributed by atoms with Crippen molar-refractivity contribution in [3.8, 4) is 0 Å². The van der Waals surface area contributed by atoms with Gasteiger partial charge in [0.1, 0.15) is 5.78 Å². The summed E-state index contributed by atoms with van der Waals surface area (Å²) in [4.78, 5) is 22.7. The van der Waals surface area contributed by atoms with Gasteiger partial charge in [-0.25, -0.2) is 4.79 Å². The van der Waals surface area contributed by atoms with E-state index < -0.39 is 5.60 Å². The molecule has 0 N–H and O–H groups in total. The lowest BCUT2D eigenvalue weighted by Crippen LogP contribution is -2.34. The molecule has 2 rings (SSSR count). The third-order valence-corrected chi connectivity index (χ3v) is 3.29. The fourth-order valence-corrected chi connectivity index (χ4v) is 2.41. The van der Waals surface area contributed by atoms with Gasteiger partial charge in [0, 0.05) is 18.4 Å². The average Bonchev–Trinajstić information content (AvgIpc) is 2.73. The summed E-state index contributed by atoms with van der Waals surface area (Å²) < 4.78 is 5.50. The Morgan fingerprint density at radius 3 is 2.50 bits per heavy atom. The molecule has 0 spiro atoms. The van der Waals surface area contributed by atoms with Crippen molar-refractivity contribution in [3.63, 3.8) is 0 Å². The third-order valence-electron chi connectivity index (χ3n) is 3.29. The van der Waals surface area contributed by atoms with Crippen LogP contribution < -0.4 is 0 Å². The fourth-order valence-electron chi connectivity index (χ4n) is 2.41. The summed E-state index contributed by atoms with van der Waals surface area (Å²) in [5, 5.41) is 0. The Labute approximate surface area is 106 Å². The molecule has 0 unspecified atom stereocenters. The van der Waals surface area contributed by atoms with E-state index in [1.54, 1.807) is 13.0 Å². The first kappa shape index (κ1) is 12.6. The van der Waals surface area contributed by atoms with E-state index in [1.807, 2.05) is 37.3 Å². The highest BCUT2D eigenvalue weighted by Gasteiger charge is 2.42. The number of carbonyl (C=O) groups is 2. The minimum absolute atomic E-state index is 0.0832. The number of esters is 1. The van der Waals surface area contributed by atoms with Crippen LogP contribution in [0.5, 0.6) is 0 Å². The topological polar surface area (TPSA) is 43.4 Å². The largest absolute Gasteiger partial charge is 0.446 e. The molecule has 0 aliphatic carbocycles. The van der Waals surface area contributed by atoms with Gasteiger partial charge >= 0.3 is 5.97 Å². The van der Waals surface area contributed by atoms with E-state index in [4.69, 9.17) is 4.74 Å². The van der Waals surface area contributed by atoms with Crippen molar-refractivity contribution < 1.29 is 14.3 Å². The van der Waals surface area contributed by atoms with Crippen LogP contribution in [0.15, 0.2) is 42.5 Å². The summed E-state index contributed by atoms with van der Waals surface area (Å²) in [6, 6.07) is 9.54. The van der Waals surface area contributed by atoms with E-state index in [0.29, 0.717) is 6.42 Å². The van der Waals surface area contributed by atoms with E-state index in [9.17, 15) is 9.59 Å². The van der Waals surface area contributed by atoms with Gasteiger partial charge in [-0.3, -0.25) is 0 Å². The highest BCUT2D eigenvalue weighted by Crippen LogP contribution is 2.40. The normalized spacial score (nSPS) is 23.8. The number of hydrogen-bond donors (Lipinski definition) is 0. The zero-order chi connectivity index (χ0) is 13.2. The lowest BCUT2D eigenvalue weighted by molar-refractivity contribution is -0.151. The maximum absolute atomic E-state index is 11.4. The molecule has 3 nitrogen and oxygen atoms in total. The van der Waals surface area contributed by atoms with E-state index in [1.165, 1.54) is 6.08 Å². The van der Waals surface area contributed by atoms with Crippen molar-refractivity contribution in [2.75, 3.05) is 0 Å². The SMILES string of the molecule is CC(=O)C[C@@H](C)[C@]1(c2ccccc2)C=CC(=O)O1. The van der Waals surface area contributed by atoms with Crippen LogP contribution in [-0.2, 0) is 19.9 Å². The molecule has 1 aliphatic heterocycles. The van der Waals surface area contributed by atoms with Gasteiger partial charge in [-0.05, 0) is 18.6 Å². The summed E-state index contributed by atoms with van der Waals surface area (Å²) in [5.74, 6) is -0.344. The number of ketones is 1. The van der Waals surface area contributed by atoms with Gasteiger partial charge in [0.25, 0.3) is 0 Å². The Bertz CT molecular complexity index is 490. The maximum Gasteiger partial charge on any atom is 0.331 e. The Morgan fingerprint density at radius 1 is 1.33 bits per heavy atom. The first-order chi connectivity index (χ1) is 8.54. The van der Waals surface area contributed by atoms with Gasteiger partial charge in [0.15, 0.2) is 5.60 Å². The molecule has 1 heterocycles. The van der Waals surface area contributed by atoms with E-state index in [-0.39, 0.29) is 17.7 Å². The zero-order valence-electron chi connectivity index (χ0n) is 10.6. The van der Waals surface area contributed by atoms with Crippen molar-refractivity contribution >= 4 is 11.8 Å². The second-order valence-corrected chi connectivity index (χ2v) is 4.72. The number of Topliss-reactive ketones (excluding diaryl/α,β-unsaturated/α-hetero) is 1. The molecule has 0 saturated heterocycles. The molecular weight excluding hydrogens is 228 g/mol. The minimum atomic E-state index is -0.802. The van der Waals surface area contributed by atoms with Crippen molar-refractivity contribution in [2.24, 2.45) is 5.92 Å². The van der Waals surface area contributed by atoms with E-state index >= 15 is 0 Å². The molecular formula is C15H16O3. The molecule has 1 aromatic carbocycles. The first-order valence-corrected chi connectivity index (χ1v) is 6.02. The van der Waals surface area contributed by atoms with E-state index in [0.717, 1.165) is 5.56 Å². The smallest absolute Gasteiger partial charge is 0.331 e. The van der Waals surface area contributed by atoms with Crippen LogP contribution in [0, 0.1) is 5.92 Å². The fraction of sp³-hybridized carbons (Fsp3) is 0.333. The molecule has 3 heteroatoms. The number of hydrogen-bond acceptors (Lipinski definition) is 3. The van der Waals surface area contributed by atoms with Crippen LogP contribution >= 0.6 is 0 Å². The highest BCUT2D eigenvalue weighted by atomic mass is 16.6. The highest BCUT2D eigenvalue weighted by molar-refractivity contribution is 5.86. The molecule has 0 amide bonds. The van der Waals surface area contributed by atoms with Crippen LogP contribution in [-0.4, -0.2) is 11.8 Å². The monoisotopic (exact) mass is 244 g/mol. The number of ether oxygens (including phenoxy) is 1. The van der Waals surface area contributed by atoms with Gasteiger partial charge in [-0.2, -0.15) is 0 Å². The number of carbonyl (C=O) groups excluding carboxylic acids is 2. The summed E-state index contributed by atoms with van der Waals surface area (Å²) in [7, 11) is 0. The third kappa shape index (κ3) is 2.21. The number of rotatable bonds is 4. The van der Waals surface area contributed by atoms with Gasteiger partial charge in [-0.1, -0.05) is 37.3 Å². The lowest BCUT2D eigenvalue weighted by atomic mass is 9.80. The quantitative estimate of drug-likeness (QED) is 0.765. The molecule has 2 atom stereocenters. The molecule has 0 saturated carbocycles. The molecule has 94 valence electrons. The summed E-state index contributed by atoms with van der Waals surface area (Å²) in [5.41, 5.74) is 0.102. The van der Waals surface area contributed by atoms with Crippen molar-refractivity contribution in [1.82, 2.24) is 0 Å². The van der Waals surface area contributed by atoms with Gasteiger partial charge in [0.05, 0.1) is 0 Å². The average molecular weight is 244 g/mol. The Morgan fingerprint density at radius 2 is 2.00 bits per heavy atom. The maximum atomic E-state index is 11.4. The van der Waals surface area contributed by atoms with Crippen molar-refractivity contribution in [1.29, 1.82) is 0 Å². The Balaban J connectivity index is 2.39. The molecule has 0 fully saturated rings. The minimum Gasteiger partial charge on any atom is -0.446 e. The molecule has 1 aliphatic rings. The molecule has 18 heavy (non-hydrogen) atoms. The van der Waals surface area contributed by atoms with Gasteiger partial charge < -0.3 is 9.53 Å². The first-order valence-electron chi connectivity index (χ1n) is 6.02. The summed E-state index contributed by atoms with van der Waals surface area (Å²) in [6.07, 6.45) is 3.58. The molecule has 0 radical (unpaired) electrons. The second kappa shape index (κ2) is 4.77. The van der Waals surface area contributed by atoms with Crippen LogP contribution in [0.2, 0.25) is 0 Å². The molecule has 0 bridgehead atoms. The predicted molar refractivity (Wildman–Crippen MR) is 67.8 cm³/mol. The van der Waals surface area contributed by atoms with Crippen LogP contribution in [0.25, 0.3) is 0 Å². The molecule has 0 aromatic heterocycles. The van der Waals surface area contributed by atoms with Gasteiger partial charge in [-0.15, -0.1) is 0 Å². The summed E-state index contributed by atoms with van der Waals surface area (Å²) >= 11 is 0. The van der Waals surface area contributed by atoms with Crippen LogP contribution in [0.4, 0.5) is 0 Å². The predicted octanol–water partition coefficient (Wildman–Crippen LogP) is 2.61. The summed E-state index contributed by atoms with van der Waals surface area (Å²) in [6.45, 7) is 3.48. The second-order valence-electron chi connectivity index (χ2n) is 4.72. The molecule has 1 aromatic rings. The van der Waals surface area contributed by atoms with Crippen molar-refractivity contribution in [3.05, 3.63) is 48.0 Å². The van der Waals surface area contributed by atoms with Crippen molar-refractivity contribution in [2.45, 2.75) is 25.9 Å². The van der Waals surface area contributed by atoms with Gasteiger partial charge in [0.2, 0.25) is 0 Å². The standard InChI is InChI=1S/C15H16O3/c1-11(10-12(2)16)15(9-8-14(17)18-15)13-6-4-3-5-7-13/h3-9,11H,10H2,1-2H3/t11-,15+/m1/s1. The Hall–Kier alpha value is -1.90. The Kier molecular flexibility index (Phi) is 3.32. The van der Waals surface area contributed by atoms with E-state index in [2.05, 4.69) is 0 Å². The number of cyclic esters (lactones) is 1. The van der Waals surface area contributed by atoms with Crippen LogP contribution in [0.1, 0.15) is 25.8 Å². The number of benzene rings is 1. The lowest BCUT2D eigenvalue weighted by Gasteiger charge is -2.33.